The number of benzene rings is 2. The zero-order chi connectivity index (χ0) is 23.6. The highest BCUT2D eigenvalue weighted by Gasteiger charge is 2.36. The van der Waals surface area contributed by atoms with Crippen molar-refractivity contribution in [3.63, 3.8) is 0 Å². The Balaban J connectivity index is 1.26. The molecule has 0 aliphatic carbocycles. The predicted molar refractivity (Wildman–Crippen MR) is 113 cm³/mol. The van der Waals surface area contributed by atoms with E-state index in [0.717, 1.165) is 28.9 Å². The van der Waals surface area contributed by atoms with Gasteiger partial charge in [-0.25, -0.2) is 0 Å². The number of rotatable bonds is 5. The van der Waals surface area contributed by atoms with Crippen molar-refractivity contribution in [2.75, 3.05) is 18.5 Å². The number of carbonyl (C=O) groups is 2. The van der Waals surface area contributed by atoms with Crippen LogP contribution in [0.3, 0.4) is 0 Å². The van der Waals surface area contributed by atoms with Crippen LogP contribution in [0.25, 0.3) is 0 Å². The van der Waals surface area contributed by atoms with Crippen molar-refractivity contribution in [3.8, 4) is 0 Å². The topological polar surface area (TPSA) is 99.7 Å². The number of aliphatic hydroxyl groups is 1. The van der Waals surface area contributed by atoms with Crippen molar-refractivity contribution in [2.24, 2.45) is 0 Å². The number of nitrogens with one attached hydrogen (secondary N) is 3. The van der Waals surface area contributed by atoms with Crippen LogP contribution in [-0.2, 0) is 33.5 Å². The van der Waals surface area contributed by atoms with Gasteiger partial charge in [-0.05, 0) is 35.7 Å². The first-order chi connectivity index (χ1) is 15.7. The molecule has 7 nitrogen and oxygen atoms in total. The number of fused-ring (bicyclic) bond motifs is 4. The van der Waals surface area contributed by atoms with E-state index in [2.05, 4.69) is 16.0 Å². The molecular formula is C23H24F3N3O4. The van der Waals surface area contributed by atoms with Gasteiger partial charge in [-0.1, -0.05) is 24.3 Å². The summed E-state index contributed by atoms with van der Waals surface area (Å²) in [6, 6.07) is 10.3. The SMILES string of the molecule is O=C(NCCc1ccc2c(c1)[C@H]1C[C@@H](N2)[C@H](O)CO1)C(=O)NCc1cccc(C(F)(F)F)c1. The van der Waals surface area contributed by atoms with Crippen LogP contribution in [0.2, 0.25) is 0 Å². The van der Waals surface area contributed by atoms with Gasteiger partial charge in [-0.3, -0.25) is 9.59 Å². The van der Waals surface area contributed by atoms with E-state index in [4.69, 9.17) is 4.74 Å². The molecule has 0 aromatic heterocycles. The Morgan fingerprint density at radius 2 is 1.88 bits per heavy atom. The lowest BCUT2D eigenvalue weighted by Crippen LogP contribution is -2.46. The van der Waals surface area contributed by atoms with Gasteiger partial charge in [0.1, 0.15) is 0 Å². The van der Waals surface area contributed by atoms with Crippen LogP contribution in [0.15, 0.2) is 42.5 Å². The fraction of sp³-hybridized carbons (Fsp3) is 0.391. The maximum atomic E-state index is 12.8. The minimum Gasteiger partial charge on any atom is -0.389 e. The molecule has 1 fully saturated rings. The third-order valence-corrected chi connectivity index (χ3v) is 5.82. The molecule has 0 spiro atoms. The molecule has 4 N–H and O–H groups in total. The second-order valence-corrected chi connectivity index (χ2v) is 8.18. The van der Waals surface area contributed by atoms with Crippen LogP contribution in [0, 0.1) is 0 Å². The summed E-state index contributed by atoms with van der Waals surface area (Å²) < 4.78 is 44.0. The van der Waals surface area contributed by atoms with Gasteiger partial charge in [0.2, 0.25) is 0 Å². The molecule has 2 amide bonds. The number of halogens is 3. The highest BCUT2D eigenvalue weighted by atomic mass is 19.4. The second kappa shape index (κ2) is 9.40. The van der Waals surface area contributed by atoms with Crippen molar-refractivity contribution < 1.29 is 32.6 Å². The van der Waals surface area contributed by atoms with Crippen molar-refractivity contribution in [1.29, 1.82) is 0 Å². The molecule has 3 atom stereocenters. The average Bonchev–Trinajstić information content (AvgIpc) is 2.79. The molecular weight excluding hydrogens is 439 g/mol. The van der Waals surface area contributed by atoms with E-state index in [1.165, 1.54) is 12.1 Å². The summed E-state index contributed by atoms with van der Waals surface area (Å²) in [6.07, 6.45) is -3.94. The lowest BCUT2D eigenvalue weighted by atomic mass is 9.89. The van der Waals surface area contributed by atoms with Crippen molar-refractivity contribution in [3.05, 3.63) is 64.7 Å². The molecule has 10 heteroatoms. The number of ether oxygens (including phenoxy) is 1. The molecule has 2 aliphatic heterocycles. The van der Waals surface area contributed by atoms with Gasteiger partial charge in [0, 0.05) is 30.8 Å². The zero-order valence-corrected chi connectivity index (χ0v) is 17.6. The smallest absolute Gasteiger partial charge is 0.389 e. The Hall–Kier alpha value is -3.11. The Labute approximate surface area is 188 Å². The maximum absolute atomic E-state index is 12.8. The van der Waals surface area contributed by atoms with Gasteiger partial charge in [-0.15, -0.1) is 0 Å². The van der Waals surface area contributed by atoms with E-state index in [-0.39, 0.29) is 37.4 Å². The summed E-state index contributed by atoms with van der Waals surface area (Å²) in [6.45, 7) is 0.303. The summed E-state index contributed by atoms with van der Waals surface area (Å²) in [7, 11) is 0. The highest BCUT2D eigenvalue weighted by molar-refractivity contribution is 6.35. The average molecular weight is 463 g/mol. The molecule has 2 aliphatic rings. The molecule has 2 aromatic carbocycles. The molecule has 2 bridgehead atoms. The van der Waals surface area contributed by atoms with Crippen LogP contribution in [0.4, 0.5) is 18.9 Å². The first-order valence-electron chi connectivity index (χ1n) is 10.6. The number of hydrogen-bond donors (Lipinski definition) is 4. The van der Waals surface area contributed by atoms with Crippen molar-refractivity contribution in [2.45, 2.75) is 43.8 Å². The summed E-state index contributed by atoms with van der Waals surface area (Å²) >= 11 is 0. The Morgan fingerprint density at radius 3 is 2.67 bits per heavy atom. The van der Waals surface area contributed by atoms with Crippen molar-refractivity contribution in [1.82, 2.24) is 10.6 Å². The number of hydrogen-bond acceptors (Lipinski definition) is 5. The van der Waals surface area contributed by atoms with Gasteiger partial charge < -0.3 is 25.8 Å². The van der Waals surface area contributed by atoms with E-state index >= 15 is 0 Å². The molecule has 0 saturated carbocycles. The lowest BCUT2D eigenvalue weighted by Gasteiger charge is -2.40. The quantitative estimate of drug-likeness (QED) is 0.510. The summed E-state index contributed by atoms with van der Waals surface area (Å²) in [4.78, 5) is 24.0. The second-order valence-electron chi connectivity index (χ2n) is 8.18. The van der Waals surface area contributed by atoms with Gasteiger partial charge in [-0.2, -0.15) is 13.2 Å². The Morgan fingerprint density at radius 1 is 1.09 bits per heavy atom. The van der Waals surface area contributed by atoms with E-state index < -0.39 is 29.7 Å². The number of aliphatic hydroxyl groups excluding tert-OH is 1. The molecule has 2 heterocycles. The van der Waals surface area contributed by atoms with Crippen LogP contribution >= 0.6 is 0 Å². The first kappa shape index (κ1) is 23.1. The third kappa shape index (κ3) is 5.45. The molecule has 33 heavy (non-hydrogen) atoms. The lowest BCUT2D eigenvalue weighted by molar-refractivity contribution is -0.139. The Bertz CT molecular complexity index is 1040. The molecule has 0 radical (unpaired) electrons. The number of anilines is 1. The van der Waals surface area contributed by atoms with E-state index in [1.807, 2.05) is 18.2 Å². The minimum atomic E-state index is -4.48. The maximum Gasteiger partial charge on any atom is 0.416 e. The molecule has 4 rings (SSSR count). The van der Waals surface area contributed by atoms with Gasteiger partial charge in [0.25, 0.3) is 0 Å². The molecule has 2 aromatic rings. The fourth-order valence-electron chi connectivity index (χ4n) is 4.04. The van der Waals surface area contributed by atoms with Crippen LogP contribution in [-0.4, -0.2) is 42.2 Å². The number of amides is 2. The molecule has 0 unspecified atom stereocenters. The van der Waals surface area contributed by atoms with E-state index in [0.29, 0.717) is 12.8 Å². The number of carbonyl (C=O) groups excluding carboxylic acids is 2. The first-order valence-corrected chi connectivity index (χ1v) is 10.6. The van der Waals surface area contributed by atoms with Crippen molar-refractivity contribution >= 4 is 17.5 Å². The predicted octanol–water partition coefficient (Wildman–Crippen LogP) is 2.30. The van der Waals surface area contributed by atoms with Gasteiger partial charge >= 0.3 is 18.0 Å². The standard InChI is InChI=1S/C23H24F3N3O4/c24-23(25,26)15-3-1-2-14(8-15)11-28-22(32)21(31)27-7-6-13-4-5-17-16(9-13)20-10-18(29-17)19(30)12-33-20/h1-5,8-9,18-20,29-30H,6-7,10-12H2,(H,27,31)(H,28,32)/t18-,19-,20-/m1/s1. The largest absolute Gasteiger partial charge is 0.416 e. The highest BCUT2D eigenvalue weighted by Crippen LogP contribution is 2.39. The molecule has 176 valence electrons. The number of alkyl halides is 3. The van der Waals surface area contributed by atoms with Gasteiger partial charge in [0.15, 0.2) is 0 Å². The summed E-state index contributed by atoms with van der Waals surface area (Å²) in [5, 5.41) is 18.1. The zero-order valence-electron chi connectivity index (χ0n) is 17.6. The monoisotopic (exact) mass is 463 g/mol. The third-order valence-electron chi connectivity index (χ3n) is 5.82. The van der Waals surface area contributed by atoms with Gasteiger partial charge in [0.05, 0.1) is 30.4 Å². The normalized spacial score (nSPS) is 21.5. The molecule has 1 saturated heterocycles. The summed E-state index contributed by atoms with van der Waals surface area (Å²) in [5.41, 5.74) is 2.29. The van der Waals surface area contributed by atoms with Crippen LogP contribution < -0.4 is 16.0 Å². The van der Waals surface area contributed by atoms with E-state index in [1.54, 1.807) is 0 Å². The fourth-order valence-corrected chi connectivity index (χ4v) is 4.04. The van der Waals surface area contributed by atoms with Crippen LogP contribution in [0.5, 0.6) is 0 Å². The van der Waals surface area contributed by atoms with Crippen LogP contribution in [0.1, 0.15) is 34.8 Å². The Kier molecular flexibility index (Phi) is 6.57. The minimum absolute atomic E-state index is 0.0316. The summed E-state index contributed by atoms with van der Waals surface area (Å²) in [5.74, 6) is -1.77. The van der Waals surface area contributed by atoms with E-state index in [9.17, 15) is 27.9 Å².